The Bertz CT molecular complexity index is 402. The zero-order valence-electron chi connectivity index (χ0n) is 7.40. The fourth-order valence-electron chi connectivity index (χ4n) is 1.21. The van der Waals surface area contributed by atoms with Crippen molar-refractivity contribution in [2.24, 2.45) is 0 Å². The summed E-state index contributed by atoms with van der Waals surface area (Å²) in [6.07, 6.45) is 3.61. The van der Waals surface area contributed by atoms with Crippen molar-refractivity contribution in [1.82, 2.24) is 9.55 Å². The lowest BCUT2D eigenvalue weighted by molar-refractivity contribution is 0.824. The molecule has 0 unspecified atom stereocenters. The van der Waals surface area contributed by atoms with Crippen LogP contribution in [0, 0.1) is 6.92 Å². The summed E-state index contributed by atoms with van der Waals surface area (Å²) < 4.78 is 1.94. The van der Waals surface area contributed by atoms with Gasteiger partial charge in [0, 0.05) is 22.1 Å². The zero-order valence-corrected chi connectivity index (χ0v) is 8.21. The minimum atomic E-state index is 0.575. The van der Waals surface area contributed by atoms with Gasteiger partial charge in [-0.2, -0.15) is 0 Å². The van der Waals surface area contributed by atoms with Crippen LogP contribution in [-0.2, 0) is 6.54 Å². The zero-order chi connectivity index (χ0) is 9.26. The molecule has 0 fully saturated rings. The number of hydrogen-bond donors (Lipinski definition) is 1. The van der Waals surface area contributed by atoms with E-state index in [0.29, 0.717) is 5.95 Å². The third kappa shape index (κ3) is 1.72. The van der Waals surface area contributed by atoms with E-state index in [1.54, 1.807) is 17.5 Å². The van der Waals surface area contributed by atoms with Gasteiger partial charge in [0.2, 0.25) is 0 Å². The minimum Gasteiger partial charge on any atom is -0.369 e. The SMILES string of the molecule is Cc1ccc(Cn2ccnc2N)s1. The summed E-state index contributed by atoms with van der Waals surface area (Å²) in [7, 11) is 0. The number of rotatable bonds is 2. The first-order valence-electron chi connectivity index (χ1n) is 4.07. The summed E-state index contributed by atoms with van der Waals surface area (Å²) in [6, 6.07) is 4.24. The van der Waals surface area contributed by atoms with Crippen LogP contribution in [0.3, 0.4) is 0 Å². The predicted molar refractivity (Wildman–Crippen MR) is 54.8 cm³/mol. The Morgan fingerprint density at radius 3 is 2.92 bits per heavy atom. The van der Waals surface area contributed by atoms with Gasteiger partial charge in [-0.1, -0.05) is 0 Å². The fourth-order valence-corrected chi connectivity index (χ4v) is 2.10. The summed E-state index contributed by atoms with van der Waals surface area (Å²) in [5.41, 5.74) is 5.65. The Hall–Kier alpha value is -1.29. The topological polar surface area (TPSA) is 43.8 Å². The Balaban J connectivity index is 2.19. The molecule has 2 aromatic heterocycles. The molecule has 0 bridgehead atoms. The average Bonchev–Trinajstić information content (AvgIpc) is 2.64. The largest absolute Gasteiger partial charge is 0.369 e. The number of aromatic nitrogens is 2. The van der Waals surface area contributed by atoms with E-state index < -0.39 is 0 Å². The summed E-state index contributed by atoms with van der Waals surface area (Å²) in [6.45, 7) is 2.93. The number of nitrogens with zero attached hydrogens (tertiary/aromatic N) is 2. The Morgan fingerprint density at radius 2 is 2.38 bits per heavy atom. The van der Waals surface area contributed by atoms with E-state index in [1.165, 1.54) is 9.75 Å². The van der Waals surface area contributed by atoms with Crippen molar-refractivity contribution in [3.63, 3.8) is 0 Å². The van der Waals surface area contributed by atoms with Crippen LogP contribution in [0.15, 0.2) is 24.5 Å². The van der Waals surface area contributed by atoms with E-state index in [1.807, 2.05) is 10.8 Å². The van der Waals surface area contributed by atoms with Gasteiger partial charge in [0.05, 0.1) is 6.54 Å². The maximum atomic E-state index is 5.65. The Kier molecular flexibility index (Phi) is 2.06. The number of thiophene rings is 1. The molecule has 2 rings (SSSR count). The molecule has 3 nitrogen and oxygen atoms in total. The van der Waals surface area contributed by atoms with Crippen LogP contribution in [0.5, 0.6) is 0 Å². The Morgan fingerprint density at radius 1 is 1.54 bits per heavy atom. The van der Waals surface area contributed by atoms with Gasteiger partial charge in [-0.25, -0.2) is 4.98 Å². The number of nitrogen functional groups attached to an aromatic ring is 1. The van der Waals surface area contributed by atoms with Crippen LogP contribution in [0.2, 0.25) is 0 Å². The first-order valence-corrected chi connectivity index (χ1v) is 4.89. The monoisotopic (exact) mass is 193 g/mol. The maximum Gasteiger partial charge on any atom is 0.200 e. The second-order valence-electron chi connectivity index (χ2n) is 2.93. The normalized spacial score (nSPS) is 10.5. The Labute approximate surface area is 80.8 Å². The minimum absolute atomic E-state index is 0.575. The first-order chi connectivity index (χ1) is 6.25. The fraction of sp³-hybridized carbons (Fsp3) is 0.222. The van der Waals surface area contributed by atoms with Gasteiger partial charge in [-0.15, -0.1) is 11.3 Å². The van der Waals surface area contributed by atoms with Crippen LogP contribution in [-0.4, -0.2) is 9.55 Å². The highest BCUT2D eigenvalue weighted by atomic mass is 32.1. The van der Waals surface area contributed by atoms with Gasteiger partial charge in [-0.3, -0.25) is 0 Å². The van der Waals surface area contributed by atoms with E-state index in [2.05, 4.69) is 24.0 Å². The standard InChI is InChI=1S/C9H11N3S/c1-7-2-3-8(13-7)6-12-5-4-11-9(12)10/h2-5H,6H2,1H3,(H2,10,11). The van der Waals surface area contributed by atoms with Crippen LogP contribution in [0.4, 0.5) is 5.95 Å². The van der Waals surface area contributed by atoms with Crippen LogP contribution < -0.4 is 5.73 Å². The first kappa shape index (κ1) is 8.31. The molecular weight excluding hydrogens is 182 g/mol. The molecule has 0 radical (unpaired) electrons. The molecule has 2 heterocycles. The number of anilines is 1. The predicted octanol–water partition coefficient (Wildman–Crippen LogP) is 1.88. The molecule has 0 saturated carbocycles. The molecule has 4 heteroatoms. The van der Waals surface area contributed by atoms with Gasteiger partial charge in [-0.05, 0) is 19.1 Å². The molecule has 0 saturated heterocycles. The highest BCUT2D eigenvalue weighted by Crippen LogP contribution is 2.17. The van der Waals surface area contributed by atoms with Gasteiger partial charge in [0.25, 0.3) is 0 Å². The van der Waals surface area contributed by atoms with Gasteiger partial charge >= 0.3 is 0 Å². The molecule has 0 aliphatic rings. The molecule has 0 aliphatic carbocycles. The lowest BCUT2D eigenvalue weighted by atomic mass is 10.4. The van der Waals surface area contributed by atoms with Gasteiger partial charge in [0.1, 0.15) is 0 Å². The second-order valence-corrected chi connectivity index (χ2v) is 4.30. The van der Waals surface area contributed by atoms with Crippen molar-refractivity contribution < 1.29 is 0 Å². The number of nitrogens with two attached hydrogens (primary N) is 1. The summed E-state index contributed by atoms with van der Waals surface area (Å²) in [5, 5.41) is 0. The highest BCUT2D eigenvalue weighted by molar-refractivity contribution is 7.11. The molecule has 68 valence electrons. The van der Waals surface area contributed by atoms with Crippen molar-refractivity contribution in [3.8, 4) is 0 Å². The highest BCUT2D eigenvalue weighted by Gasteiger charge is 2.00. The van der Waals surface area contributed by atoms with Crippen LogP contribution >= 0.6 is 11.3 Å². The van der Waals surface area contributed by atoms with Crippen molar-refractivity contribution in [2.45, 2.75) is 13.5 Å². The second kappa shape index (κ2) is 3.22. The lowest BCUT2D eigenvalue weighted by Crippen LogP contribution is -2.01. The smallest absolute Gasteiger partial charge is 0.200 e. The average molecular weight is 193 g/mol. The van der Waals surface area contributed by atoms with Crippen molar-refractivity contribution in [2.75, 3.05) is 5.73 Å². The van der Waals surface area contributed by atoms with E-state index >= 15 is 0 Å². The van der Waals surface area contributed by atoms with Crippen molar-refractivity contribution in [1.29, 1.82) is 0 Å². The number of hydrogen-bond acceptors (Lipinski definition) is 3. The van der Waals surface area contributed by atoms with E-state index in [9.17, 15) is 0 Å². The van der Waals surface area contributed by atoms with Crippen molar-refractivity contribution >= 4 is 17.3 Å². The van der Waals surface area contributed by atoms with E-state index in [4.69, 9.17) is 5.73 Å². The molecular formula is C9H11N3S. The van der Waals surface area contributed by atoms with Gasteiger partial charge in [0.15, 0.2) is 5.95 Å². The van der Waals surface area contributed by atoms with Crippen LogP contribution in [0.1, 0.15) is 9.75 Å². The molecule has 0 amide bonds. The summed E-state index contributed by atoms with van der Waals surface area (Å²) >= 11 is 1.79. The molecule has 2 N–H and O–H groups in total. The lowest BCUT2D eigenvalue weighted by Gasteiger charge is -2.00. The number of aryl methyl sites for hydroxylation is 1. The third-order valence-electron chi connectivity index (χ3n) is 1.87. The van der Waals surface area contributed by atoms with E-state index in [0.717, 1.165) is 6.54 Å². The molecule has 13 heavy (non-hydrogen) atoms. The molecule has 0 atom stereocenters. The quantitative estimate of drug-likeness (QED) is 0.791. The third-order valence-corrected chi connectivity index (χ3v) is 2.86. The van der Waals surface area contributed by atoms with Crippen molar-refractivity contribution in [3.05, 3.63) is 34.3 Å². The number of imidazole rings is 1. The summed E-state index contributed by atoms with van der Waals surface area (Å²) in [5.74, 6) is 0.575. The molecule has 0 spiro atoms. The molecule has 0 aromatic carbocycles. The summed E-state index contributed by atoms with van der Waals surface area (Å²) in [4.78, 5) is 6.60. The van der Waals surface area contributed by atoms with Crippen LogP contribution in [0.25, 0.3) is 0 Å². The maximum absolute atomic E-state index is 5.65. The van der Waals surface area contributed by atoms with Gasteiger partial charge < -0.3 is 10.3 Å². The van der Waals surface area contributed by atoms with E-state index in [-0.39, 0.29) is 0 Å². The molecule has 0 aliphatic heterocycles. The molecule has 2 aromatic rings.